The molecule has 3 N–H and O–H groups in total. The highest BCUT2D eigenvalue weighted by molar-refractivity contribution is 7.15. The Balaban J connectivity index is 1.56. The smallest absolute Gasteiger partial charge is 0.433 e. The lowest BCUT2D eigenvalue weighted by Crippen LogP contribution is -2.39. The molecule has 180 valence electrons. The second-order valence-corrected chi connectivity index (χ2v) is 9.93. The number of aromatic nitrogens is 3. The average Bonchev–Trinajstić information content (AvgIpc) is 3.26. The molecule has 2 heterocycles. The highest BCUT2D eigenvalue weighted by Gasteiger charge is 2.45. The van der Waals surface area contributed by atoms with Gasteiger partial charge in [-0.3, -0.25) is 4.79 Å². The Labute approximate surface area is 197 Å². The minimum absolute atomic E-state index is 0.172. The number of nitrogens with one attached hydrogen (secondary N) is 1. The van der Waals surface area contributed by atoms with Crippen molar-refractivity contribution in [2.24, 2.45) is 5.41 Å². The Morgan fingerprint density at radius 3 is 2.50 bits per heavy atom. The number of aliphatic hydroxyl groups is 1. The van der Waals surface area contributed by atoms with E-state index in [0.717, 1.165) is 28.3 Å². The fraction of sp³-hybridized carbons (Fsp3) is 0.391. The van der Waals surface area contributed by atoms with Gasteiger partial charge >= 0.3 is 12.1 Å². The molecule has 2 aromatic heterocycles. The van der Waals surface area contributed by atoms with Gasteiger partial charge in [-0.25, -0.2) is 15.0 Å². The van der Waals surface area contributed by atoms with Crippen LogP contribution in [0.5, 0.6) is 0 Å². The van der Waals surface area contributed by atoms with Crippen LogP contribution in [-0.4, -0.2) is 31.1 Å². The average molecular weight is 493 g/mol. The van der Waals surface area contributed by atoms with E-state index in [2.05, 4.69) is 20.3 Å². The Kier molecular flexibility index (Phi) is 6.11. The lowest BCUT2D eigenvalue weighted by Gasteiger charge is -2.38. The Hall–Kier alpha value is -3.05. The van der Waals surface area contributed by atoms with E-state index in [4.69, 9.17) is 0 Å². The normalized spacial score (nSPS) is 23.0. The molecule has 1 saturated carbocycles. The Morgan fingerprint density at radius 1 is 1.15 bits per heavy atom. The molecule has 1 aliphatic rings. The molecule has 3 aromatic rings. The topological polar surface area (TPSA) is 108 Å². The van der Waals surface area contributed by atoms with Crippen molar-refractivity contribution in [3.63, 3.8) is 0 Å². The van der Waals surface area contributed by atoms with Crippen molar-refractivity contribution in [3.8, 4) is 10.4 Å². The number of hydrogen-bond acceptors (Lipinski definition) is 7. The van der Waals surface area contributed by atoms with Gasteiger partial charge in [0.1, 0.15) is 16.3 Å². The molecule has 0 unspecified atom stereocenters. The molecule has 1 aromatic carbocycles. The number of halogens is 3. The van der Waals surface area contributed by atoms with Crippen molar-refractivity contribution < 1.29 is 28.2 Å². The van der Waals surface area contributed by atoms with Gasteiger partial charge in [0.05, 0.1) is 10.3 Å². The molecule has 0 bridgehead atoms. The van der Waals surface area contributed by atoms with Crippen molar-refractivity contribution in [1.29, 1.82) is 0 Å². The first-order valence-corrected chi connectivity index (χ1v) is 11.4. The number of benzene rings is 1. The van der Waals surface area contributed by atoms with E-state index in [1.807, 2.05) is 13.0 Å². The van der Waals surface area contributed by atoms with Gasteiger partial charge in [0.2, 0.25) is 5.95 Å². The molecule has 0 saturated heterocycles. The maximum atomic E-state index is 13.0. The first-order valence-electron chi connectivity index (χ1n) is 10.6. The van der Waals surface area contributed by atoms with Crippen LogP contribution in [0.3, 0.4) is 0 Å². The lowest BCUT2D eigenvalue weighted by atomic mass is 9.70. The largest absolute Gasteiger partial charge is 0.481 e. The van der Waals surface area contributed by atoms with E-state index < -0.39 is 28.9 Å². The first-order chi connectivity index (χ1) is 15.9. The van der Waals surface area contributed by atoms with Crippen molar-refractivity contribution >= 4 is 28.9 Å². The van der Waals surface area contributed by atoms with Gasteiger partial charge in [-0.1, -0.05) is 6.07 Å². The summed E-state index contributed by atoms with van der Waals surface area (Å²) in [4.78, 5) is 24.1. The van der Waals surface area contributed by atoms with Gasteiger partial charge in [-0.2, -0.15) is 13.2 Å². The summed E-state index contributed by atoms with van der Waals surface area (Å²) in [6, 6.07) is 6.22. The van der Waals surface area contributed by atoms with Gasteiger partial charge in [-0.15, -0.1) is 11.3 Å². The van der Waals surface area contributed by atoms with E-state index in [1.165, 1.54) is 11.3 Å². The molecule has 0 radical (unpaired) electrons. The quantitative estimate of drug-likeness (QED) is 0.430. The number of anilines is 2. The van der Waals surface area contributed by atoms with Crippen molar-refractivity contribution in [1.82, 2.24) is 15.0 Å². The molecule has 11 heteroatoms. The van der Waals surface area contributed by atoms with Crippen LogP contribution in [0.25, 0.3) is 10.4 Å². The van der Waals surface area contributed by atoms with E-state index in [1.54, 1.807) is 25.3 Å². The number of nitrogens with zero attached hydrogens (tertiary/aromatic N) is 3. The summed E-state index contributed by atoms with van der Waals surface area (Å²) in [5.74, 6) is -1.03. The third kappa shape index (κ3) is 4.90. The zero-order valence-corrected chi connectivity index (χ0v) is 19.3. The van der Waals surface area contributed by atoms with Crippen molar-refractivity contribution in [2.45, 2.75) is 51.3 Å². The van der Waals surface area contributed by atoms with Gasteiger partial charge in [-0.05, 0) is 68.9 Å². The number of carboxylic acids is 1. The van der Waals surface area contributed by atoms with Crippen LogP contribution in [0, 0.1) is 12.3 Å². The maximum absolute atomic E-state index is 13.0. The number of carboxylic acid groups (broad SMARTS) is 1. The van der Waals surface area contributed by atoms with Crippen LogP contribution in [0.1, 0.15) is 48.9 Å². The van der Waals surface area contributed by atoms with Crippen LogP contribution in [-0.2, 0) is 16.6 Å². The molecule has 0 atom stereocenters. The second-order valence-electron chi connectivity index (χ2n) is 8.90. The van der Waals surface area contributed by atoms with E-state index >= 15 is 0 Å². The fourth-order valence-electron chi connectivity index (χ4n) is 3.97. The highest BCUT2D eigenvalue weighted by atomic mass is 32.1. The zero-order valence-electron chi connectivity index (χ0n) is 18.5. The number of rotatable bonds is 5. The van der Waals surface area contributed by atoms with E-state index in [0.29, 0.717) is 36.4 Å². The summed E-state index contributed by atoms with van der Waals surface area (Å²) in [5.41, 5.74) is -0.935. The molecular weight excluding hydrogens is 469 g/mol. The highest BCUT2D eigenvalue weighted by Crippen LogP contribution is 2.47. The van der Waals surface area contributed by atoms with Gasteiger partial charge in [0.25, 0.3) is 0 Å². The summed E-state index contributed by atoms with van der Waals surface area (Å²) in [7, 11) is 0. The number of aryl methyl sites for hydroxylation is 1. The summed E-state index contributed by atoms with van der Waals surface area (Å²) >= 11 is 1.31. The predicted octanol–water partition coefficient (Wildman–Crippen LogP) is 5.52. The Morgan fingerprint density at radius 2 is 1.85 bits per heavy atom. The fourth-order valence-corrected chi connectivity index (χ4v) is 5.02. The molecule has 4 rings (SSSR count). The minimum Gasteiger partial charge on any atom is -0.481 e. The number of thiazole rings is 1. The summed E-state index contributed by atoms with van der Waals surface area (Å²) < 4.78 is 38.9. The molecule has 34 heavy (non-hydrogen) atoms. The molecule has 1 aliphatic carbocycles. The molecule has 0 amide bonds. The van der Waals surface area contributed by atoms with Crippen molar-refractivity contribution in [3.05, 3.63) is 52.9 Å². The maximum Gasteiger partial charge on any atom is 0.433 e. The van der Waals surface area contributed by atoms with Crippen LogP contribution in [0.15, 0.2) is 36.7 Å². The van der Waals surface area contributed by atoms with E-state index in [9.17, 15) is 28.2 Å². The third-order valence-electron chi connectivity index (χ3n) is 6.16. The zero-order chi connectivity index (χ0) is 24.7. The van der Waals surface area contributed by atoms with Gasteiger partial charge < -0.3 is 15.5 Å². The number of hydrogen-bond donors (Lipinski definition) is 3. The van der Waals surface area contributed by atoms with Gasteiger partial charge in [0, 0.05) is 18.1 Å². The summed E-state index contributed by atoms with van der Waals surface area (Å²) in [6.07, 6.45) is -0.580. The molecule has 7 nitrogen and oxygen atoms in total. The van der Waals surface area contributed by atoms with Crippen LogP contribution in [0.4, 0.5) is 24.8 Å². The number of alkyl halides is 3. The number of aliphatic carboxylic acids is 1. The first kappa shape index (κ1) is 24.1. The SMILES string of the molecule is Cc1cc(Nc2nccc(C(F)(F)F)n2)cc(-c2cnc([C@]3(O)CC[C@](C)(C(=O)O)CC3)s2)c1. The molecular formula is C23H23F3N4O3S. The van der Waals surface area contributed by atoms with Crippen molar-refractivity contribution in [2.75, 3.05) is 5.32 Å². The minimum atomic E-state index is -4.57. The predicted molar refractivity (Wildman–Crippen MR) is 121 cm³/mol. The Bertz CT molecular complexity index is 1220. The number of carbonyl (C=O) groups is 1. The lowest BCUT2D eigenvalue weighted by molar-refractivity contribution is -0.153. The standard InChI is InChI=1S/C23H23F3N4O3S/c1-13-9-14(11-15(10-13)29-20-27-8-3-17(30-20)23(24,25)26)16-12-28-18(34-16)22(33)6-4-21(2,5-7-22)19(31)32/h3,8-12,33H,4-7H2,1-2H3,(H,31,32)(H,27,29,30)/t21-,22-. The molecule has 1 fully saturated rings. The van der Waals surface area contributed by atoms with Crippen LogP contribution < -0.4 is 5.32 Å². The summed E-state index contributed by atoms with van der Waals surface area (Å²) in [6.45, 7) is 3.54. The van der Waals surface area contributed by atoms with E-state index in [-0.39, 0.29) is 5.95 Å². The second kappa shape index (κ2) is 8.62. The third-order valence-corrected chi connectivity index (χ3v) is 7.40. The molecule has 0 spiro atoms. The monoisotopic (exact) mass is 492 g/mol. The van der Waals surface area contributed by atoms with Crippen LogP contribution in [0.2, 0.25) is 0 Å². The molecule has 0 aliphatic heterocycles. The van der Waals surface area contributed by atoms with Crippen LogP contribution >= 0.6 is 11.3 Å². The van der Waals surface area contributed by atoms with Gasteiger partial charge in [0.15, 0.2) is 0 Å². The summed E-state index contributed by atoms with van der Waals surface area (Å²) in [5, 5.41) is 23.9.